The number of hydrogen-bond donors (Lipinski definition) is 0. The van der Waals surface area contributed by atoms with Crippen molar-refractivity contribution in [3.8, 4) is 5.88 Å². The van der Waals surface area contributed by atoms with Crippen molar-refractivity contribution in [2.75, 3.05) is 6.61 Å². The molecule has 0 aliphatic rings. The van der Waals surface area contributed by atoms with E-state index in [1.54, 1.807) is 14.0 Å². The largest absolute Gasteiger partial charge is 0.475 e. The molecule has 0 atom stereocenters. The Kier molecular flexibility index (Phi) is 4.90. The van der Waals surface area contributed by atoms with Gasteiger partial charge in [-0.3, -0.25) is 0 Å². The molecule has 2 heterocycles. The molecule has 1 aromatic carbocycles. The molecule has 2 aromatic heterocycles. The van der Waals surface area contributed by atoms with E-state index in [1.807, 2.05) is 39.8 Å². The predicted octanol–water partition coefficient (Wildman–Crippen LogP) is 2.55. The third kappa shape index (κ3) is 3.51. The number of ether oxygens (including phenoxy) is 1. The summed E-state index contributed by atoms with van der Waals surface area (Å²) in [4.78, 5) is 8.85. The van der Waals surface area contributed by atoms with Crippen LogP contribution in [0.3, 0.4) is 0 Å². The first kappa shape index (κ1) is 19.2. The van der Waals surface area contributed by atoms with Gasteiger partial charge >= 0.3 is 0 Å². The molecule has 144 valence electrons. The SMILES string of the molecule is Cc1cc2nc(OCC(C)C)c(S(=O)(=O)c3nnc(C)n3C)nc2cc1C. The molecule has 27 heavy (non-hydrogen) atoms. The lowest BCUT2D eigenvalue weighted by molar-refractivity contribution is 0.253. The number of sulfone groups is 1. The first-order chi connectivity index (χ1) is 12.6. The summed E-state index contributed by atoms with van der Waals surface area (Å²) in [7, 11) is -2.45. The summed E-state index contributed by atoms with van der Waals surface area (Å²) in [6.07, 6.45) is 0. The maximum Gasteiger partial charge on any atom is 0.264 e. The molecular weight excluding hydrogens is 366 g/mol. The van der Waals surface area contributed by atoms with Gasteiger partial charge in [-0.2, -0.15) is 0 Å². The van der Waals surface area contributed by atoms with Crippen molar-refractivity contribution in [3.05, 3.63) is 29.1 Å². The van der Waals surface area contributed by atoms with Crippen molar-refractivity contribution in [3.63, 3.8) is 0 Å². The van der Waals surface area contributed by atoms with Gasteiger partial charge in [0.15, 0.2) is 0 Å². The third-order valence-corrected chi connectivity index (χ3v) is 5.93. The minimum Gasteiger partial charge on any atom is -0.475 e. The predicted molar refractivity (Wildman–Crippen MR) is 101 cm³/mol. The van der Waals surface area contributed by atoms with E-state index >= 15 is 0 Å². The monoisotopic (exact) mass is 389 g/mol. The Bertz CT molecular complexity index is 1120. The second-order valence-electron chi connectivity index (χ2n) is 7.06. The standard InChI is InChI=1S/C18H23N5O3S/c1-10(2)9-26-16-17(27(24,25)18-22-21-13(5)23(18)6)20-15-8-12(4)11(3)7-14(15)19-16/h7-8,10H,9H2,1-6H3. The molecule has 0 fully saturated rings. The average Bonchev–Trinajstić information content (AvgIpc) is 2.93. The van der Waals surface area contributed by atoms with Gasteiger partial charge in [-0.05, 0) is 49.9 Å². The van der Waals surface area contributed by atoms with E-state index in [4.69, 9.17) is 4.74 Å². The Morgan fingerprint density at radius 3 is 2.15 bits per heavy atom. The van der Waals surface area contributed by atoms with Crippen molar-refractivity contribution in [1.29, 1.82) is 0 Å². The van der Waals surface area contributed by atoms with Crippen LogP contribution in [-0.4, -0.2) is 39.8 Å². The number of aromatic nitrogens is 5. The molecule has 0 bridgehead atoms. The molecule has 0 aliphatic carbocycles. The van der Waals surface area contributed by atoms with Crippen LogP contribution in [0, 0.1) is 26.7 Å². The van der Waals surface area contributed by atoms with Crippen molar-refractivity contribution in [1.82, 2.24) is 24.7 Å². The Labute approximate surface area is 158 Å². The van der Waals surface area contributed by atoms with Crippen molar-refractivity contribution >= 4 is 20.9 Å². The molecule has 3 rings (SSSR count). The van der Waals surface area contributed by atoms with Gasteiger partial charge in [-0.15, -0.1) is 10.2 Å². The molecule has 9 heteroatoms. The second-order valence-corrected chi connectivity index (χ2v) is 8.81. The van der Waals surface area contributed by atoms with Gasteiger partial charge in [0.2, 0.25) is 5.03 Å². The third-order valence-electron chi connectivity index (χ3n) is 4.32. The van der Waals surface area contributed by atoms with Gasteiger partial charge in [0, 0.05) is 7.05 Å². The van der Waals surface area contributed by atoms with Crippen LogP contribution < -0.4 is 4.74 Å². The summed E-state index contributed by atoms with van der Waals surface area (Å²) in [5.74, 6) is 0.674. The molecular formula is C18H23N5O3S. The summed E-state index contributed by atoms with van der Waals surface area (Å²) >= 11 is 0. The fourth-order valence-electron chi connectivity index (χ4n) is 2.50. The highest BCUT2D eigenvalue weighted by Gasteiger charge is 2.31. The van der Waals surface area contributed by atoms with Crippen LogP contribution >= 0.6 is 0 Å². The lowest BCUT2D eigenvalue weighted by Crippen LogP contribution is -2.15. The number of fused-ring (bicyclic) bond motifs is 1. The van der Waals surface area contributed by atoms with Crippen molar-refractivity contribution in [2.24, 2.45) is 13.0 Å². The van der Waals surface area contributed by atoms with Gasteiger partial charge in [0.05, 0.1) is 17.6 Å². The fraction of sp³-hybridized carbons (Fsp3) is 0.444. The van der Waals surface area contributed by atoms with E-state index in [1.165, 1.54) is 4.57 Å². The first-order valence-electron chi connectivity index (χ1n) is 8.64. The minimum atomic E-state index is -4.05. The molecule has 3 aromatic rings. The Morgan fingerprint density at radius 1 is 1.04 bits per heavy atom. The van der Waals surface area contributed by atoms with E-state index in [9.17, 15) is 8.42 Å². The number of nitrogens with zero attached hydrogens (tertiary/aromatic N) is 5. The number of aryl methyl sites for hydroxylation is 3. The van der Waals surface area contributed by atoms with Gasteiger partial charge in [-0.25, -0.2) is 18.4 Å². The number of rotatable bonds is 5. The zero-order chi connectivity index (χ0) is 19.9. The van der Waals surface area contributed by atoms with Crippen molar-refractivity contribution < 1.29 is 13.2 Å². The highest BCUT2D eigenvalue weighted by molar-refractivity contribution is 7.91. The van der Waals surface area contributed by atoms with Crippen LogP contribution in [0.25, 0.3) is 11.0 Å². The molecule has 0 aliphatic heterocycles. The van der Waals surface area contributed by atoms with Gasteiger partial charge in [-0.1, -0.05) is 13.8 Å². The minimum absolute atomic E-state index is 0.0138. The summed E-state index contributed by atoms with van der Waals surface area (Å²) in [5, 5.41) is 7.23. The van der Waals surface area contributed by atoms with Crippen LogP contribution in [0.1, 0.15) is 30.8 Å². The quantitative estimate of drug-likeness (QED) is 0.661. The lowest BCUT2D eigenvalue weighted by Gasteiger charge is -2.13. The highest BCUT2D eigenvalue weighted by atomic mass is 32.2. The van der Waals surface area contributed by atoms with Crippen LogP contribution in [0.15, 0.2) is 22.3 Å². The normalized spacial score (nSPS) is 12.1. The molecule has 0 spiro atoms. The topological polar surface area (TPSA) is 99.9 Å². The Balaban J connectivity index is 2.26. The highest BCUT2D eigenvalue weighted by Crippen LogP contribution is 2.29. The molecule has 8 nitrogen and oxygen atoms in total. The van der Waals surface area contributed by atoms with Gasteiger partial charge in [0.1, 0.15) is 5.82 Å². The van der Waals surface area contributed by atoms with E-state index in [-0.39, 0.29) is 22.0 Å². The van der Waals surface area contributed by atoms with Crippen molar-refractivity contribution in [2.45, 2.75) is 44.8 Å². The van der Waals surface area contributed by atoms with Gasteiger partial charge in [0.25, 0.3) is 20.9 Å². The maximum atomic E-state index is 13.2. The Hall–Kier alpha value is -2.55. The maximum absolute atomic E-state index is 13.2. The zero-order valence-electron chi connectivity index (χ0n) is 16.3. The second kappa shape index (κ2) is 6.88. The summed E-state index contributed by atoms with van der Waals surface area (Å²) < 4.78 is 33.6. The number of hydrogen-bond acceptors (Lipinski definition) is 7. The van der Waals surface area contributed by atoms with E-state index < -0.39 is 9.84 Å². The van der Waals surface area contributed by atoms with E-state index in [2.05, 4.69) is 20.2 Å². The molecule has 0 radical (unpaired) electrons. The Morgan fingerprint density at radius 2 is 1.63 bits per heavy atom. The smallest absolute Gasteiger partial charge is 0.264 e. The molecule has 0 saturated heterocycles. The van der Waals surface area contributed by atoms with E-state index in [0.717, 1.165) is 11.1 Å². The van der Waals surface area contributed by atoms with Crippen LogP contribution in [-0.2, 0) is 16.9 Å². The molecule has 0 amide bonds. The zero-order valence-corrected chi connectivity index (χ0v) is 17.1. The summed E-state index contributed by atoms with van der Waals surface area (Å²) in [6.45, 7) is 9.87. The fourth-order valence-corrected chi connectivity index (χ4v) is 3.87. The van der Waals surface area contributed by atoms with Crippen LogP contribution in [0.4, 0.5) is 0 Å². The van der Waals surface area contributed by atoms with E-state index in [0.29, 0.717) is 23.5 Å². The van der Waals surface area contributed by atoms with Crippen LogP contribution in [0.5, 0.6) is 5.88 Å². The molecule has 0 saturated carbocycles. The first-order valence-corrected chi connectivity index (χ1v) is 10.1. The van der Waals surface area contributed by atoms with Crippen LogP contribution in [0.2, 0.25) is 0 Å². The summed E-state index contributed by atoms with van der Waals surface area (Å²) in [6, 6.07) is 3.70. The lowest BCUT2D eigenvalue weighted by atomic mass is 10.1. The molecule has 0 N–H and O–H groups in total. The number of benzene rings is 1. The van der Waals surface area contributed by atoms with Gasteiger partial charge < -0.3 is 9.30 Å². The molecule has 0 unspecified atom stereocenters. The average molecular weight is 389 g/mol. The summed E-state index contributed by atoms with van der Waals surface area (Å²) in [5.41, 5.74) is 3.13.